The highest BCUT2D eigenvalue weighted by atomic mass is 16.5. The normalized spacial score (nSPS) is 10.4. The number of esters is 1. The molecule has 2 aromatic heterocycles. The quantitative estimate of drug-likeness (QED) is 0.666. The second kappa shape index (κ2) is 3.02. The predicted octanol–water partition coefficient (Wildman–Crippen LogP) is 0.414. The van der Waals surface area contributed by atoms with Crippen LogP contribution in [0.5, 0.6) is 0 Å². The third-order valence-corrected chi connectivity index (χ3v) is 1.95. The highest BCUT2D eigenvalue weighted by Gasteiger charge is 2.12. The lowest BCUT2D eigenvalue weighted by atomic mass is 10.4. The number of aromatic nitrogens is 2. The summed E-state index contributed by atoms with van der Waals surface area (Å²) in [6.45, 7) is 0. The van der Waals surface area contributed by atoms with E-state index in [0.717, 1.165) is 0 Å². The average Bonchev–Trinajstić information content (AvgIpc) is 2.62. The van der Waals surface area contributed by atoms with Crippen LogP contribution in [0.2, 0.25) is 0 Å². The number of aromatic amines is 1. The summed E-state index contributed by atoms with van der Waals surface area (Å²) in [7, 11) is 1.27. The molecule has 0 atom stereocenters. The Morgan fingerprint density at radius 2 is 2.29 bits per heavy atom. The molecule has 0 fully saturated rings. The molecule has 2 rings (SSSR count). The zero-order valence-electron chi connectivity index (χ0n) is 7.48. The maximum Gasteiger partial charge on any atom is 0.356 e. The standard InChI is InChI=1S/C9H8N2O3/c1-14-9(13)6-5-10-7-3-2-4-8(12)11(6)7/h2-5,10H,1H3. The molecule has 1 N–H and O–H groups in total. The Balaban J connectivity index is 2.80. The third kappa shape index (κ3) is 1.10. The van der Waals surface area contributed by atoms with Gasteiger partial charge in [0.2, 0.25) is 0 Å². The summed E-state index contributed by atoms with van der Waals surface area (Å²) in [4.78, 5) is 25.5. The molecule has 0 unspecified atom stereocenters. The van der Waals surface area contributed by atoms with E-state index >= 15 is 0 Å². The molecular formula is C9H8N2O3. The third-order valence-electron chi connectivity index (χ3n) is 1.95. The monoisotopic (exact) mass is 192 g/mol. The number of nitrogens with one attached hydrogen (secondary N) is 1. The van der Waals surface area contributed by atoms with Crippen LogP contribution in [0, 0.1) is 0 Å². The fourth-order valence-corrected chi connectivity index (χ4v) is 1.31. The number of rotatable bonds is 1. The van der Waals surface area contributed by atoms with Gasteiger partial charge >= 0.3 is 5.97 Å². The molecule has 2 heterocycles. The lowest BCUT2D eigenvalue weighted by molar-refractivity contribution is 0.0592. The Morgan fingerprint density at radius 1 is 1.50 bits per heavy atom. The van der Waals surface area contributed by atoms with Gasteiger partial charge in [-0.25, -0.2) is 4.79 Å². The van der Waals surface area contributed by atoms with Gasteiger partial charge in [0, 0.05) is 12.3 Å². The van der Waals surface area contributed by atoms with Gasteiger partial charge in [-0.05, 0) is 6.07 Å². The number of imidazole rings is 1. The summed E-state index contributed by atoms with van der Waals surface area (Å²) in [6.07, 6.45) is 1.45. The van der Waals surface area contributed by atoms with Crippen molar-refractivity contribution in [3.05, 3.63) is 40.4 Å². The minimum atomic E-state index is -0.537. The number of carbonyl (C=O) groups is 1. The number of H-pyrrole nitrogens is 1. The molecule has 0 saturated heterocycles. The van der Waals surface area contributed by atoms with Crippen LogP contribution >= 0.6 is 0 Å². The summed E-state index contributed by atoms with van der Waals surface area (Å²) in [5.41, 5.74) is 0.509. The molecule has 14 heavy (non-hydrogen) atoms. The van der Waals surface area contributed by atoms with Gasteiger partial charge in [-0.1, -0.05) is 6.07 Å². The van der Waals surface area contributed by atoms with Crippen molar-refractivity contribution >= 4 is 11.6 Å². The second-order valence-corrected chi connectivity index (χ2v) is 2.75. The van der Waals surface area contributed by atoms with Gasteiger partial charge < -0.3 is 9.72 Å². The summed E-state index contributed by atoms with van der Waals surface area (Å²) < 4.78 is 5.81. The molecule has 0 aliphatic heterocycles. The number of hydrogen-bond acceptors (Lipinski definition) is 3. The number of ether oxygens (including phenoxy) is 1. The van der Waals surface area contributed by atoms with E-state index < -0.39 is 5.97 Å². The summed E-state index contributed by atoms with van der Waals surface area (Å²) in [5, 5.41) is 0. The Labute approximate surface area is 78.9 Å². The zero-order chi connectivity index (χ0) is 10.1. The predicted molar refractivity (Wildman–Crippen MR) is 49.4 cm³/mol. The molecule has 0 spiro atoms. The summed E-state index contributed by atoms with van der Waals surface area (Å²) in [6, 6.07) is 4.70. The Morgan fingerprint density at radius 3 is 3.00 bits per heavy atom. The minimum absolute atomic E-state index is 0.202. The van der Waals surface area contributed by atoms with E-state index in [2.05, 4.69) is 9.72 Å². The number of methoxy groups -OCH3 is 1. The molecule has 5 nitrogen and oxygen atoms in total. The van der Waals surface area contributed by atoms with E-state index in [0.29, 0.717) is 5.65 Å². The van der Waals surface area contributed by atoms with Crippen molar-refractivity contribution in [2.75, 3.05) is 7.11 Å². The Hall–Kier alpha value is -2.04. The Bertz CT molecular complexity index is 538. The van der Waals surface area contributed by atoms with E-state index in [-0.39, 0.29) is 11.3 Å². The van der Waals surface area contributed by atoms with Crippen molar-refractivity contribution in [3.8, 4) is 0 Å². The average molecular weight is 192 g/mol. The zero-order valence-corrected chi connectivity index (χ0v) is 7.48. The highest BCUT2D eigenvalue weighted by Crippen LogP contribution is 2.03. The first-order valence-corrected chi connectivity index (χ1v) is 4.01. The molecule has 72 valence electrons. The number of fused-ring (bicyclic) bond motifs is 1. The fourth-order valence-electron chi connectivity index (χ4n) is 1.31. The van der Waals surface area contributed by atoms with Crippen molar-refractivity contribution in [1.82, 2.24) is 9.38 Å². The first kappa shape index (κ1) is 8.55. The molecule has 0 aliphatic carbocycles. The van der Waals surface area contributed by atoms with Crippen LogP contribution in [0.4, 0.5) is 0 Å². The minimum Gasteiger partial charge on any atom is -0.464 e. The topological polar surface area (TPSA) is 63.6 Å². The van der Waals surface area contributed by atoms with Crippen LogP contribution in [0.25, 0.3) is 5.65 Å². The van der Waals surface area contributed by atoms with Crippen LogP contribution in [0.1, 0.15) is 10.5 Å². The van der Waals surface area contributed by atoms with Crippen molar-refractivity contribution < 1.29 is 9.53 Å². The number of pyridine rings is 1. The van der Waals surface area contributed by atoms with Crippen LogP contribution in [-0.4, -0.2) is 22.5 Å². The van der Waals surface area contributed by atoms with Crippen molar-refractivity contribution in [2.24, 2.45) is 0 Å². The van der Waals surface area contributed by atoms with Crippen molar-refractivity contribution in [1.29, 1.82) is 0 Å². The lowest BCUT2D eigenvalue weighted by Gasteiger charge is -1.97. The molecule has 2 aromatic rings. The van der Waals surface area contributed by atoms with Crippen LogP contribution in [-0.2, 0) is 4.74 Å². The maximum atomic E-state index is 11.4. The molecule has 0 bridgehead atoms. The Kier molecular flexibility index (Phi) is 1.85. The van der Waals surface area contributed by atoms with Gasteiger partial charge in [0.1, 0.15) is 5.65 Å². The van der Waals surface area contributed by atoms with Crippen LogP contribution < -0.4 is 5.56 Å². The van der Waals surface area contributed by atoms with Gasteiger partial charge in [-0.3, -0.25) is 9.20 Å². The van der Waals surface area contributed by atoms with E-state index in [9.17, 15) is 9.59 Å². The fraction of sp³-hybridized carbons (Fsp3) is 0.111. The van der Waals surface area contributed by atoms with E-state index in [1.807, 2.05) is 0 Å². The molecule has 5 heteroatoms. The van der Waals surface area contributed by atoms with Gasteiger partial charge in [0.25, 0.3) is 5.56 Å². The molecule has 0 saturated carbocycles. The first-order chi connectivity index (χ1) is 6.74. The number of hydrogen-bond donors (Lipinski definition) is 1. The highest BCUT2D eigenvalue weighted by molar-refractivity contribution is 5.88. The van der Waals surface area contributed by atoms with Gasteiger partial charge in [-0.15, -0.1) is 0 Å². The van der Waals surface area contributed by atoms with Gasteiger partial charge in [0.05, 0.1) is 7.11 Å². The van der Waals surface area contributed by atoms with Crippen molar-refractivity contribution in [3.63, 3.8) is 0 Å². The first-order valence-electron chi connectivity index (χ1n) is 4.01. The van der Waals surface area contributed by atoms with E-state index in [4.69, 9.17) is 0 Å². The van der Waals surface area contributed by atoms with Gasteiger partial charge in [0.15, 0.2) is 5.69 Å². The van der Waals surface area contributed by atoms with Crippen molar-refractivity contribution in [2.45, 2.75) is 0 Å². The van der Waals surface area contributed by atoms with Crippen LogP contribution in [0.3, 0.4) is 0 Å². The smallest absolute Gasteiger partial charge is 0.356 e. The van der Waals surface area contributed by atoms with E-state index in [1.54, 1.807) is 12.1 Å². The van der Waals surface area contributed by atoms with E-state index in [1.165, 1.54) is 23.8 Å². The molecule has 0 aromatic carbocycles. The summed E-state index contributed by atoms with van der Waals surface area (Å²) >= 11 is 0. The second-order valence-electron chi connectivity index (χ2n) is 2.75. The number of carbonyl (C=O) groups excluding carboxylic acids is 1. The maximum absolute atomic E-state index is 11.4. The largest absolute Gasteiger partial charge is 0.464 e. The van der Waals surface area contributed by atoms with Crippen LogP contribution in [0.15, 0.2) is 29.2 Å². The molecular weight excluding hydrogens is 184 g/mol. The lowest BCUT2D eigenvalue weighted by Crippen LogP contribution is -2.16. The van der Waals surface area contributed by atoms with Gasteiger partial charge in [-0.2, -0.15) is 0 Å². The molecule has 0 aliphatic rings. The molecule has 0 amide bonds. The molecule has 0 radical (unpaired) electrons. The number of nitrogens with zero attached hydrogens (tertiary/aromatic N) is 1. The SMILES string of the molecule is COC(=O)c1c[nH]c2cccc(=O)n12. The summed E-state index contributed by atoms with van der Waals surface area (Å²) in [5.74, 6) is -0.537.